The fourth-order valence-corrected chi connectivity index (χ4v) is 8.88. The number of amides is 6. The van der Waals surface area contributed by atoms with Gasteiger partial charge in [0.25, 0.3) is 17.4 Å². The number of carbonyl (C=O) groups is 6. The molecule has 2 saturated heterocycles. The first-order chi connectivity index (χ1) is 30.1. The number of benzene rings is 2. The maximum atomic E-state index is 13.3. The van der Waals surface area contributed by atoms with E-state index < -0.39 is 47.7 Å². The van der Waals surface area contributed by atoms with Crippen LogP contribution >= 0.6 is 0 Å². The van der Waals surface area contributed by atoms with Crippen LogP contribution in [0.25, 0.3) is 11.1 Å². The van der Waals surface area contributed by atoms with Crippen LogP contribution in [0.5, 0.6) is 11.5 Å². The van der Waals surface area contributed by atoms with Crippen molar-refractivity contribution >= 4 is 41.3 Å². The lowest BCUT2D eigenvalue weighted by Gasteiger charge is -2.37. The van der Waals surface area contributed by atoms with E-state index in [-0.39, 0.29) is 48.1 Å². The van der Waals surface area contributed by atoms with Crippen molar-refractivity contribution in [1.82, 2.24) is 34.4 Å². The molecule has 63 heavy (non-hydrogen) atoms. The number of carboxylic acids is 1. The van der Waals surface area contributed by atoms with Gasteiger partial charge in [-0.3, -0.25) is 44.0 Å². The van der Waals surface area contributed by atoms with Gasteiger partial charge >= 0.3 is 12.0 Å². The lowest BCUT2D eigenvalue weighted by Crippen LogP contribution is -2.54. The number of piperazine rings is 1. The topological polar surface area (TPSA) is 204 Å². The van der Waals surface area contributed by atoms with Crippen molar-refractivity contribution < 1.29 is 48.1 Å². The molecule has 4 aliphatic rings. The number of fused-ring (bicyclic) bond motifs is 2. The summed E-state index contributed by atoms with van der Waals surface area (Å²) in [4.78, 5) is 99.9. The van der Waals surface area contributed by atoms with E-state index in [0.717, 1.165) is 35.8 Å². The molecule has 19 heteroatoms. The molecule has 0 spiro atoms. The summed E-state index contributed by atoms with van der Waals surface area (Å²) in [6.45, 7) is 5.84. The fourth-order valence-electron chi connectivity index (χ4n) is 8.88. The summed E-state index contributed by atoms with van der Waals surface area (Å²) in [6.07, 6.45) is 1.98. The smallest absolute Gasteiger partial charge is 0.331 e. The van der Waals surface area contributed by atoms with E-state index >= 15 is 0 Å². The number of likely N-dealkylation sites (N-methyl/N-ethyl adjacent to an activating group) is 1. The van der Waals surface area contributed by atoms with Crippen LogP contribution in [0.2, 0.25) is 0 Å². The average molecular weight is 871 g/mol. The van der Waals surface area contributed by atoms with Crippen LogP contribution in [0.1, 0.15) is 56.3 Å². The summed E-state index contributed by atoms with van der Waals surface area (Å²) in [6, 6.07) is 5.94. The van der Waals surface area contributed by atoms with Crippen molar-refractivity contribution in [3.05, 3.63) is 74.7 Å². The van der Waals surface area contributed by atoms with Crippen molar-refractivity contribution in [1.29, 1.82) is 0 Å². The van der Waals surface area contributed by atoms with Gasteiger partial charge in [-0.25, -0.2) is 9.59 Å². The average Bonchev–Trinajstić information content (AvgIpc) is 3.51. The van der Waals surface area contributed by atoms with Crippen LogP contribution in [-0.4, -0.2) is 170 Å². The maximum absolute atomic E-state index is 13.3. The molecule has 2 aromatic carbocycles. The molecule has 4 aliphatic heterocycles. The van der Waals surface area contributed by atoms with Gasteiger partial charge in [-0.05, 0) is 55.8 Å². The Morgan fingerprint density at radius 3 is 2.17 bits per heavy atom. The van der Waals surface area contributed by atoms with Crippen LogP contribution < -0.4 is 25.2 Å². The summed E-state index contributed by atoms with van der Waals surface area (Å²) in [5.41, 5.74) is 3.49. The second-order valence-corrected chi connectivity index (χ2v) is 16.4. The number of imide groups is 2. The molecule has 19 nitrogen and oxygen atoms in total. The number of aromatic nitrogens is 1. The van der Waals surface area contributed by atoms with Crippen LogP contribution in [0.4, 0.5) is 10.5 Å². The van der Waals surface area contributed by atoms with Gasteiger partial charge < -0.3 is 38.6 Å². The number of pyridine rings is 1. The number of hydrogen-bond acceptors (Lipinski definition) is 13. The summed E-state index contributed by atoms with van der Waals surface area (Å²) in [5.74, 6) is -2.31. The molecule has 1 aromatic heterocycles. The van der Waals surface area contributed by atoms with E-state index in [9.17, 15) is 38.7 Å². The number of nitrogens with zero attached hydrogens (tertiary/aromatic N) is 7. The monoisotopic (exact) mass is 870 g/mol. The van der Waals surface area contributed by atoms with E-state index in [1.54, 1.807) is 65.8 Å². The molecular weight excluding hydrogens is 817 g/mol. The molecular formula is C44H54N8O11. The number of anilines is 1. The number of piperidine rings is 1. The lowest BCUT2D eigenvalue weighted by atomic mass is 9.87. The number of carbonyl (C=O) groups excluding carboxylic acids is 5. The minimum Gasteiger partial charge on any atom is -0.496 e. The molecule has 0 saturated carbocycles. The Bertz CT molecular complexity index is 2370. The zero-order valence-corrected chi connectivity index (χ0v) is 36.5. The van der Waals surface area contributed by atoms with Crippen molar-refractivity contribution in [2.45, 2.75) is 37.9 Å². The molecule has 2 unspecified atom stereocenters. The number of urea groups is 1. The highest BCUT2D eigenvalue weighted by Gasteiger charge is 2.45. The molecule has 336 valence electrons. The zero-order valence-electron chi connectivity index (χ0n) is 36.5. The molecule has 0 radical (unpaired) electrons. The first-order valence-corrected chi connectivity index (χ1v) is 20.9. The predicted octanol–water partition coefficient (Wildman–Crippen LogP) is 1.41. The lowest BCUT2D eigenvalue weighted by molar-refractivity contribution is -0.143. The molecule has 0 aliphatic carbocycles. The van der Waals surface area contributed by atoms with E-state index in [1.165, 1.54) is 14.4 Å². The van der Waals surface area contributed by atoms with Crippen LogP contribution in [0.15, 0.2) is 41.3 Å². The largest absolute Gasteiger partial charge is 0.496 e. The van der Waals surface area contributed by atoms with Crippen LogP contribution in [0.3, 0.4) is 0 Å². The minimum atomic E-state index is -1.37. The van der Waals surface area contributed by atoms with Crippen LogP contribution in [0, 0.1) is 0 Å². The zero-order chi connectivity index (χ0) is 45.3. The molecule has 6 amide bonds. The highest BCUT2D eigenvalue weighted by Crippen LogP contribution is 2.41. The first kappa shape index (κ1) is 44.7. The Labute approximate surface area is 364 Å². The number of carboxylic acid groups (broad SMARTS) is 1. The van der Waals surface area contributed by atoms with Gasteiger partial charge in [0.05, 0.1) is 44.1 Å². The Hall–Kier alpha value is -6.31. The van der Waals surface area contributed by atoms with Gasteiger partial charge in [0.2, 0.25) is 11.8 Å². The third-order valence-electron chi connectivity index (χ3n) is 12.2. The van der Waals surface area contributed by atoms with Gasteiger partial charge in [0.1, 0.15) is 17.5 Å². The van der Waals surface area contributed by atoms with E-state index in [4.69, 9.17) is 14.2 Å². The molecule has 2 fully saturated rings. The van der Waals surface area contributed by atoms with Gasteiger partial charge in [-0.2, -0.15) is 0 Å². The summed E-state index contributed by atoms with van der Waals surface area (Å²) >= 11 is 0. The van der Waals surface area contributed by atoms with Gasteiger partial charge in [-0.15, -0.1) is 0 Å². The highest BCUT2D eigenvalue weighted by molar-refractivity contribution is 6.23. The fraction of sp³-hybridized carbons (Fsp3) is 0.477. The van der Waals surface area contributed by atoms with E-state index in [1.807, 2.05) is 13.1 Å². The Balaban J connectivity index is 0.928. The highest BCUT2D eigenvalue weighted by atomic mass is 16.5. The number of nitrogens with one attached hydrogen (secondary N) is 1. The maximum Gasteiger partial charge on any atom is 0.331 e. The molecule has 2 atom stereocenters. The van der Waals surface area contributed by atoms with Crippen molar-refractivity contribution in [3.8, 4) is 22.6 Å². The Kier molecular flexibility index (Phi) is 13.2. The van der Waals surface area contributed by atoms with Gasteiger partial charge in [0, 0.05) is 108 Å². The molecule has 0 bridgehead atoms. The quantitative estimate of drug-likeness (QED) is 0.174. The number of rotatable bonds is 14. The minimum absolute atomic E-state index is 0.0667. The molecule has 3 aromatic rings. The molecule has 5 heterocycles. The SMILES string of the molecule is COc1cc(-c2cn(C)c(=O)c3c2C(C(=O)O)N(C(=O)N(C)C)CC3)cc(OC)c1CN(C)CCOCCN1CCN(c2ccc3c(c2)C(=O)N(C2CCC(=O)NC2=O)C3=O)CC1. The van der Waals surface area contributed by atoms with Crippen molar-refractivity contribution in [2.24, 2.45) is 7.05 Å². The third-order valence-corrected chi connectivity index (χ3v) is 12.2. The standard InChI is InChI=1S/C44H54N8O11/c1-46(2)44(60)51-12-11-29-37(38(51)43(58)59)31(25-48(4)40(29)55)26-21-34(61-5)32(35(22-26)62-6)24-47(3)17-19-63-20-18-49-13-15-50(16-14-49)27-7-8-28-30(23-27)42(57)52(41(28)56)33-9-10-36(53)45-39(33)54/h7-8,21-23,25,33,38H,9-20,24H2,1-6H3,(H,58,59)(H,45,53,54). The predicted molar refractivity (Wildman–Crippen MR) is 229 cm³/mol. The van der Waals surface area contributed by atoms with E-state index in [0.29, 0.717) is 67.6 Å². The summed E-state index contributed by atoms with van der Waals surface area (Å²) in [5, 5.41) is 12.7. The Morgan fingerprint density at radius 2 is 1.54 bits per heavy atom. The normalized spacial score (nSPS) is 19.0. The first-order valence-electron chi connectivity index (χ1n) is 20.9. The second-order valence-electron chi connectivity index (χ2n) is 16.4. The van der Waals surface area contributed by atoms with Crippen molar-refractivity contribution in [3.63, 3.8) is 0 Å². The second kappa shape index (κ2) is 18.6. The Morgan fingerprint density at radius 1 is 0.857 bits per heavy atom. The summed E-state index contributed by atoms with van der Waals surface area (Å²) < 4.78 is 19.2. The van der Waals surface area contributed by atoms with Gasteiger partial charge in [-0.1, -0.05) is 0 Å². The van der Waals surface area contributed by atoms with Crippen molar-refractivity contribution in [2.75, 3.05) is 99.3 Å². The third kappa shape index (κ3) is 8.85. The van der Waals surface area contributed by atoms with Gasteiger partial charge in [0.15, 0.2) is 6.04 Å². The molecule has 2 N–H and O–H groups in total. The number of ether oxygens (including phenoxy) is 3. The molecule has 7 rings (SSSR count). The number of methoxy groups -OCH3 is 2. The van der Waals surface area contributed by atoms with Crippen LogP contribution in [-0.2, 0) is 39.1 Å². The summed E-state index contributed by atoms with van der Waals surface area (Å²) in [7, 11) is 9.79. The number of aliphatic carboxylic acids is 1. The number of hydrogen-bond donors (Lipinski definition) is 2. The van der Waals surface area contributed by atoms with E-state index in [2.05, 4.69) is 20.0 Å². The number of aryl methyl sites for hydroxylation is 1.